The molecule has 0 aliphatic rings. The lowest BCUT2D eigenvalue weighted by atomic mass is 10.1. The van der Waals surface area contributed by atoms with Gasteiger partial charge in [-0.25, -0.2) is 0 Å². The molecule has 0 unspecified atom stereocenters. The number of benzene rings is 2. The van der Waals surface area contributed by atoms with E-state index in [0.29, 0.717) is 6.42 Å². The highest BCUT2D eigenvalue weighted by molar-refractivity contribution is 7.99. The number of hydrogen-bond acceptors (Lipinski definition) is 2. The van der Waals surface area contributed by atoms with Crippen LogP contribution in [0, 0.1) is 6.92 Å². The van der Waals surface area contributed by atoms with Crippen molar-refractivity contribution in [1.29, 1.82) is 0 Å². The molecule has 0 radical (unpaired) electrons. The first-order valence-electron chi connectivity index (χ1n) is 7.46. The molecule has 0 spiro atoms. The lowest BCUT2D eigenvalue weighted by Gasteiger charge is -2.05. The van der Waals surface area contributed by atoms with Crippen molar-refractivity contribution in [1.82, 2.24) is 4.57 Å². The fourth-order valence-corrected chi connectivity index (χ4v) is 4.09. The Bertz CT molecular complexity index is 898. The Hall–Kier alpha value is -1.71. The summed E-state index contributed by atoms with van der Waals surface area (Å²) in [6, 6.07) is 14.2. The van der Waals surface area contributed by atoms with Crippen LogP contribution in [-0.4, -0.2) is 10.4 Å². The molecular formula is C19H18ClNOS. The Labute approximate surface area is 145 Å². The molecule has 0 bridgehead atoms. The highest BCUT2D eigenvalue weighted by Crippen LogP contribution is 2.39. The third-order valence-corrected chi connectivity index (χ3v) is 5.41. The van der Waals surface area contributed by atoms with Crippen molar-refractivity contribution in [2.45, 2.75) is 30.1 Å². The largest absolute Gasteiger partial charge is 0.347 e. The molecule has 0 saturated carbocycles. The normalized spacial score (nSPS) is 11.1. The van der Waals surface area contributed by atoms with Crippen LogP contribution >= 0.6 is 23.4 Å². The van der Waals surface area contributed by atoms with Gasteiger partial charge in [-0.2, -0.15) is 0 Å². The number of rotatable bonds is 4. The van der Waals surface area contributed by atoms with Crippen molar-refractivity contribution >= 4 is 40.0 Å². The molecular weight excluding hydrogens is 326 g/mol. The predicted molar refractivity (Wildman–Crippen MR) is 97.6 cm³/mol. The molecule has 0 saturated heterocycles. The van der Waals surface area contributed by atoms with Gasteiger partial charge in [0.1, 0.15) is 5.78 Å². The molecule has 23 heavy (non-hydrogen) atoms. The van der Waals surface area contributed by atoms with Crippen LogP contribution in [0.15, 0.2) is 52.3 Å². The van der Waals surface area contributed by atoms with Gasteiger partial charge < -0.3 is 4.57 Å². The Morgan fingerprint density at radius 1 is 1.22 bits per heavy atom. The van der Waals surface area contributed by atoms with Crippen LogP contribution in [-0.2, 0) is 18.3 Å². The number of carbonyl (C=O) groups excluding carboxylic acids is 1. The monoisotopic (exact) mass is 343 g/mol. The summed E-state index contributed by atoms with van der Waals surface area (Å²) in [5.74, 6) is 0.181. The van der Waals surface area contributed by atoms with E-state index in [2.05, 4.69) is 36.7 Å². The Kier molecular flexibility index (Phi) is 4.51. The van der Waals surface area contributed by atoms with Gasteiger partial charge in [0.05, 0.1) is 0 Å². The Morgan fingerprint density at radius 2 is 2.00 bits per heavy atom. The van der Waals surface area contributed by atoms with E-state index >= 15 is 0 Å². The van der Waals surface area contributed by atoms with Crippen LogP contribution in [0.5, 0.6) is 0 Å². The zero-order chi connectivity index (χ0) is 16.6. The molecule has 1 heterocycles. The maximum absolute atomic E-state index is 11.3. The standard InChI is InChI=1S/C19H18ClNOS/c1-12(22)9-14-5-4-6-16(10-14)23-19-13(2)21(3)18-8-7-15(20)11-17(18)19/h4-8,10-11H,9H2,1-3H3. The van der Waals surface area contributed by atoms with E-state index in [4.69, 9.17) is 11.6 Å². The van der Waals surface area contributed by atoms with Crippen LogP contribution < -0.4 is 0 Å². The molecule has 0 atom stereocenters. The van der Waals surface area contributed by atoms with Crippen LogP contribution in [0.1, 0.15) is 18.2 Å². The van der Waals surface area contributed by atoms with E-state index < -0.39 is 0 Å². The first-order valence-corrected chi connectivity index (χ1v) is 8.66. The highest BCUT2D eigenvalue weighted by Gasteiger charge is 2.14. The number of aryl methyl sites for hydroxylation is 1. The fraction of sp³-hybridized carbons (Fsp3) is 0.211. The van der Waals surface area contributed by atoms with E-state index in [0.717, 1.165) is 15.5 Å². The van der Waals surface area contributed by atoms with Gasteiger partial charge in [-0.3, -0.25) is 4.79 Å². The first-order chi connectivity index (χ1) is 11.0. The summed E-state index contributed by atoms with van der Waals surface area (Å²) in [7, 11) is 2.07. The summed E-state index contributed by atoms with van der Waals surface area (Å²) in [4.78, 5) is 13.7. The Morgan fingerprint density at radius 3 is 2.74 bits per heavy atom. The van der Waals surface area contributed by atoms with Gasteiger partial charge in [0, 0.05) is 44.9 Å². The molecule has 1 aromatic heterocycles. The van der Waals surface area contributed by atoms with Crippen molar-refractivity contribution in [3.63, 3.8) is 0 Å². The summed E-state index contributed by atoms with van der Waals surface area (Å²) in [6.07, 6.45) is 0.481. The van der Waals surface area contributed by atoms with Crippen LogP contribution in [0.25, 0.3) is 10.9 Å². The molecule has 0 amide bonds. The SMILES string of the molecule is CC(=O)Cc1cccc(Sc2c(C)n(C)c3ccc(Cl)cc23)c1. The number of nitrogens with zero attached hydrogens (tertiary/aromatic N) is 1. The van der Waals surface area contributed by atoms with Crippen molar-refractivity contribution in [3.8, 4) is 0 Å². The molecule has 3 aromatic rings. The topological polar surface area (TPSA) is 22.0 Å². The number of Topliss-reactive ketones (excluding diaryl/α,β-unsaturated/α-hetero) is 1. The first kappa shape index (κ1) is 16.2. The predicted octanol–water partition coefficient (Wildman–Crippen LogP) is 5.42. The van der Waals surface area contributed by atoms with Gasteiger partial charge >= 0.3 is 0 Å². The summed E-state index contributed by atoms with van der Waals surface area (Å²) in [6.45, 7) is 3.74. The number of halogens is 1. The molecule has 118 valence electrons. The van der Waals surface area contributed by atoms with Gasteiger partial charge in [-0.05, 0) is 49.7 Å². The summed E-state index contributed by atoms with van der Waals surface area (Å²) >= 11 is 7.91. The van der Waals surface area contributed by atoms with E-state index in [1.54, 1.807) is 18.7 Å². The Balaban J connectivity index is 2.03. The highest BCUT2D eigenvalue weighted by atomic mass is 35.5. The van der Waals surface area contributed by atoms with Crippen molar-refractivity contribution < 1.29 is 4.79 Å². The lowest BCUT2D eigenvalue weighted by Crippen LogP contribution is -1.95. The molecule has 0 aliphatic heterocycles. The van der Waals surface area contributed by atoms with Gasteiger partial charge in [0.25, 0.3) is 0 Å². The van der Waals surface area contributed by atoms with Crippen LogP contribution in [0.2, 0.25) is 5.02 Å². The molecule has 2 nitrogen and oxygen atoms in total. The van der Waals surface area contributed by atoms with Gasteiger partial charge in [0.2, 0.25) is 0 Å². The quantitative estimate of drug-likeness (QED) is 0.630. The second-order valence-corrected chi connectivity index (χ2v) is 7.28. The molecule has 0 N–H and O–H groups in total. The molecule has 0 aliphatic carbocycles. The second kappa shape index (κ2) is 6.42. The molecule has 0 fully saturated rings. The van der Waals surface area contributed by atoms with Crippen LogP contribution in [0.3, 0.4) is 0 Å². The minimum atomic E-state index is 0.181. The number of hydrogen-bond donors (Lipinski definition) is 0. The fourth-order valence-electron chi connectivity index (χ4n) is 2.76. The van der Waals surface area contributed by atoms with E-state index in [1.165, 1.54) is 21.5 Å². The van der Waals surface area contributed by atoms with Crippen molar-refractivity contribution in [2.24, 2.45) is 7.05 Å². The van der Waals surface area contributed by atoms with Gasteiger partial charge in [-0.1, -0.05) is 35.5 Å². The van der Waals surface area contributed by atoms with Crippen molar-refractivity contribution in [3.05, 3.63) is 58.7 Å². The number of fused-ring (bicyclic) bond motifs is 1. The minimum absolute atomic E-state index is 0.181. The third kappa shape index (κ3) is 3.31. The zero-order valence-electron chi connectivity index (χ0n) is 13.4. The maximum Gasteiger partial charge on any atom is 0.134 e. The van der Waals surface area contributed by atoms with Gasteiger partial charge in [-0.15, -0.1) is 0 Å². The van der Waals surface area contributed by atoms with E-state index in [9.17, 15) is 4.79 Å². The molecule has 4 heteroatoms. The minimum Gasteiger partial charge on any atom is -0.347 e. The smallest absolute Gasteiger partial charge is 0.134 e. The van der Waals surface area contributed by atoms with Crippen molar-refractivity contribution in [2.75, 3.05) is 0 Å². The number of ketones is 1. The average molecular weight is 344 g/mol. The zero-order valence-corrected chi connectivity index (χ0v) is 15.0. The molecule has 2 aromatic carbocycles. The number of aromatic nitrogens is 1. The lowest BCUT2D eigenvalue weighted by molar-refractivity contribution is -0.116. The van der Waals surface area contributed by atoms with E-state index in [-0.39, 0.29) is 5.78 Å². The maximum atomic E-state index is 11.3. The van der Waals surface area contributed by atoms with Crippen LogP contribution in [0.4, 0.5) is 0 Å². The third-order valence-electron chi connectivity index (χ3n) is 3.97. The molecule has 3 rings (SSSR count). The van der Waals surface area contributed by atoms with Gasteiger partial charge in [0.15, 0.2) is 0 Å². The second-order valence-electron chi connectivity index (χ2n) is 5.76. The summed E-state index contributed by atoms with van der Waals surface area (Å²) in [5, 5.41) is 1.91. The average Bonchev–Trinajstić information content (AvgIpc) is 2.72. The van der Waals surface area contributed by atoms with E-state index in [1.807, 2.05) is 24.3 Å². The summed E-state index contributed by atoms with van der Waals surface area (Å²) in [5.41, 5.74) is 3.44. The summed E-state index contributed by atoms with van der Waals surface area (Å²) < 4.78 is 2.19. The number of carbonyl (C=O) groups is 1.